The highest BCUT2D eigenvalue weighted by Crippen LogP contribution is 2.25. The zero-order valence-corrected chi connectivity index (χ0v) is 18.7. The van der Waals surface area contributed by atoms with E-state index in [4.69, 9.17) is 33.7 Å². The maximum atomic E-state index is 12.4. The number of hydrogen-bond donors (Lipinski definition) is 2. The lowest BCUT2D eigenvalue weighted by Crippen LogP contribution is -2.36. The van der Waals surface area contributed by atoms with Crippen LogP contribution in [0.25, 0.3) is 0 Å². The molecule has 0 aromatic heterocycles. The van der Waals surface area contributed by atoms with Gasteiger partial charge in [0, 0.05) is 12.2 Å². The van der Waals surface area contributed by atoms with Gasteiger partial charge in [-0.1, -0.05) is 55.2 Å². The Morgan fingerprint density at radius 3 is 2.23 bits per heavy atom. The van der Waals surface area contributed by atoms with Crippen LogP contribution in [0.5, 0.6) is 0 Å². The Bertz CT molecular complexity index is 835. The number of hydrogen-bond acceptors (Lipinski definition) is 5. The molecule has 8 heteroatoms. The molecule has 0 aliphatic carbocycles. The zero-order valence-electron chi connectivity index (χ0n) is 17.2. The van der Waals surface area contributed by atoms with Crippen LogP contribution in [0.15, 0.2) is 42.5 Å². The first-order valence-corrected chi connectivity index (χ1v) is 10.6. The van der Waals surface area contributed by atoms with Gasteiger partial charge in [0.2, 0.25) is 0 Å². The van der Waals surface area contributed by atoms with Gasteiger partial charge in [-0.25, -0.2) is 0 Å². The summed E-state index contributed by atoms with van der Waals surface area (Å²) in [5.74, 6) is -0.820. The topological polar surface area (TPSA) is 84.7 Å². The number of nitrogens with two attached hydrogens (primary N) is 1. The van der Waals surface area contributed by atoms with E-state index in [9.17, 15) is 9.59 Å². The van der Waals surface area contributed by atoms with Gasteiger partial charge in [0.25, 0.3) is 5.91 Å². The van der Waals surface area contributed by atoms with Crippen LogP contribution >= 0.6 is 23.2 Å². The van der Waals surface area contributed by atoms with Crippen LogP contribution < -0.4 is 11.1 Å². The molecule has 30 heavy (non-hydrogen) atoms. The Kier molecular flexibility index (Phi) is 9.59. The molecular weight excluding hydrogens is 425 g/mol. The molecule has 3 N–H and O–H groups in total. The van der Waals surface area contributed by atoms with Crippen molar-refractivity contribution in [1.29, 1.82) is 0 Å². The monoisotopic (exact) mass is 451 g/mol. The SMILES string of the molecule is CCN(CC)CCOC(=O)[C@@H](N)Cc1ccc(NC(=O)c2c(Cl)cccc2Cl)cc1. The molecule has 0 heterocycles. The number of halogens is 2. The lowest BCUT2D eigenvalue weighted by Gasteiger charge is -2.18. The predicted octanol–water partition coefficient (Wildman–Crippen LogP) is 4.00. The molecule has 2 rings (SSSR count). The Morgan fingerprint density at radius 1 is 1.07 bits per heavy atom. The molecule has 0 aliphatic rings. The van der Waals surface area contributed by atoms with E-state index in [0.717, 1.165) is 18.7 Å². The van der Waals surface area contributed by atoms with Crippen molar-refractivity contribution < 1.29 is 14.3 Å². The van der Waals surface area contributed by atoms with Crippen molar-refractivity contribution in [3.05, 3.63) is 63.6 Å². The average Bonchev–Trinajstić information content (AvgIpc) is 2.72. The summed E-state index contributed by atoms with van der Waals surface area (Å²) < 4.78 is 5.27. The van der Waals surface area contributed by atoms with E-state index in [-0.39, 0.29) is 15.6 Å². The predicted molar refractivity (Wildman–Crippen MR) is 121 cm³/mol. The number of esters is 1. The molecule has 2 aromatic rings. The molecular formula is C22H27Cl2N3O3. The van der Waals surface area contributed by atoms with E-state index in [0.29, 0.717) is 25.3 Å². The third kappa shape index (κ3) is 6.99. The standard InChI is InChI=1S/C22H27Cl2N3O3/c1-3-27(4-2)12-13-30-22(29)19(25)14-15-8-10-16(11-9-15)26-21(28)20-17(23)6-5-7-18(20)24/h5-11,19H,3-4,12-14,25H2,1-2H3,(H,26,28)/t19-/m0/s1. The number of carbonyl (C=O) groups excluding carboxylic acids is 2. The van der Waals surface area contributed by atoms with Gasteiger partial charge in [0.1, 0.15) is 12.6 Å². The summed E-state index contributed by atoms with van der Waals surface area (Å²) in [5, 5.41) is 3.32. The van der Waals surface area contributed by atoms with Crippen LogP contribution in [-0.2, 0) is 16.0 Å². The molecule has 0 saturated carbocycles. The van der Waals surface area contributed by atoms with Gasteiger partial charge in [-0.05, 0) is 49.3 Å². The molecule has 0 saturated heterocycles. The van der Waals surface area contributed by atoms with Gasteiger partial charge in [0.15, 0.2) is 0 Å². The lowest BCUT2D eigenvalue weighted by molar-refractivity contribution is -0.145. The Hall–Kier alpha value is -2.12. The van der Waals surface area contributed by atoms with E-state index in [1.54, 1.807) is 42.5 Å². The number of nitrogens with one attached hydrogen (secondary N) is 1. The molecule has 0 aliphatic heterocycles. The number of anilines is 1. The molecule has 1 amide bonds. The molecule has 1 atom stereocenters. The average molecular weight is 452 g/mol. The van der Waals surface area contributed by atoms with Gasteiger partial charge in [-0.2, -0.15) is 0 Å². The van der Waals surface area contributed by atoms with Crippen LogP contribution in [0.1, 0.15) is 29.8 Å². The largest absolute Gasteiger partial charge is 0.463 e. The van der Waals surface area contributed by atoms with Gasteiger partial charge in [-0.15, -0.1) is 0 Å². The fourth-order valence-electron chi connectivity index (χ4n) is 2.89. The Balaban J connectivity index is 1.88. The number of ether oxygens (including phenoxy) is 1. The Morgan fingerprint density at radius 2 is 1.67 bits per heavy atom. The van der Waals surface area contributed by atoms with Crippen molar-refractivity contribution in [2.24, 2.45) is 5.73 Å². The highest BCUT2D eigenvalue weighted by Gasteiger charge is 2.17. The van der Waals surface area contributed by atoms with Crippen molar-refractivity contribution >= 4 is 40.8 Å². The number of carbonyl (C=O) groups is 2. The summed E-state index contributed by atoms with van der Waals surface area (Å²) in [6.07, 6.45) is 0.342. The van der Waals surface area contributed by atoms with E-state index in [1.165, 1.54) is 0 Å². The van der Waals surface area contributed by atoms with Gasteiger partial charge >= 0.3 is 5.97 Å². The maximum Gasteiger partial charge on any atom is 0.323 e. The van der Waals surface area contributed by atoms with Crippen LogP contribution in [-0.4, -0.2) is 49.1 Å². The van der Waals surface area contributed by atoms with Crippen molar-refractivity contribution in [2.75, 3.05) is 31.6 Å². The van der Waals surface area contributed by atoms with E-state index in [1.807, 2.05) is 0 Å². The van der Waals surface area contributed by atoms with E-state index < -0.39 is 17.9 Å². The third-order valence-corrected chi connectivity index (χ3v) is 5.34. The number of rotatable bonds is 10. The van der Waals surface area contributed by atoms with Crippen LogP contribution in [0, 0.1) is 0 Å². The highest BCUT2D eigenvalue weighted by molar-refractivity contribution is 6.40. The Labute approximate surface area is 187 Å². The first-order chi connectivity index (χ1) is 14.3. The smallest absolute Gasteiger partial charge is 0.323 e. The first-order valence-electron chi connectivity index (χ1n) is 9.84. The molecule has 0 unspecified atom stereocenters. The van der Waals surface area contributed by atoms with Gasteiger partial charge in [0.05, 0.1) is 15.6 Å². The molecule has 2 aromatic carbocycles. The van der Waals surface area contributed by atoms with Crippen molar-refractivity contribution in [2.45, 2.75) is 26.3 Å². The minimum Gasteiger partial charge on any atom is -0.463 e. The minimum atomic E-state index is -0.746. The summed E-state index contributed by atoms with van der Waals surface area (Å²) in [6, 6.07) is 11.2. The lowest BCUT2D eigenvalue weighted by atomic mass is 10.1. The summed E-state index contributed by atoms with van der Waals surface area (Å²) in [7, 11) is 0. The highest BCUT2D eigenvalue weighted by atomic mass is 35.5. The number of benzene rings is 2. The number of nitrogens with zero attached hydrogens (tertiary/aromatic N) is 1. The molecule has 0 spiro atoms. The van der Waals surface area contributed by atoms with E-state index in [2.05, 4.69) is 24.1 Å². The van der Waals surface area contributed by atoms with Gasteiger partial charge in [-0.3, -0.25) is 9.59 Å². The van der Waals surface area contributed by atoms with Gasteiger partial charge < -0.3 is 20.7 Å². The molecule has 162 valence electrons. The van der Waals surface area contributed by atoms with Crippen molar-refractivity contribution in [3.8, 4) is 0 Å². The second kappa shape index (κ2) is 11.9. The zero-order chi connectivity index (χ0) is 22.1. The fraction of sp³-hybridized carbons (Fsp3) is 0.364. The van der Waals surface area contributed by atoms with Crippen molar-refractivity contribution in [3.63, 3.8) is 0 Å². The first kappa shape index (κ1) is 24.2. The summed E-state index contributed by atoms with van der Waals surface area (Å²) >= 11 is 12.1. The molecule has 0 fully saturated rings. The van der Waals surface area contributed by atoms with E-state index >= 15 is 0 Å². The summed E-state index contributed by atoms with van der Waals surface area (Å²) in [6.45, 7) is 6.95. The second-order valence-corrected chi connectivity index (χ2v) is 7.57. The molecule has 0 radical (unpaired) electrons. The van der Waals surface area contributed by atoms with Crippen molar-refractivity contribution in [1.82, 2.24) is 4.90 Å². The van der Waals surface area contributed by atoms with Crippen LogP contribution in [0.2, 0.25) is 10.0 Å². The summed E-state index contributed by atoms with van der Waals surface area (Å²) in [5.41, 5.74) is 7.63. The fourth-order valence-corrected chi connectivity index (χ4v) is 3.46. The van der Waals surface area contributed by atoms with Crippen LogP contribution in [0.3, 0.4) is 0 Å². The number of amides is 1. The molecule has 0 bridgehead atoms. The minimum absolute atomic E-state index is 0.222. The second-order valence-electron chi connectivity index (χ2n) is 6.75. The van der Waals surface area contributed by atoms with Crippen LogP contribution in [0.4, 0.5) is 5.69 Å². The molecule has 6 nitrogen and oxygen atoms in total. The quantitative estimate of drug-likeness (QED) is 0.533. The number of likely N-dealkylation sites (N-methyl/N-ethyl adjacent to an activating group) is 1. The maximum absolute atomic E-state index is 12.4. The third-order valence-electron chi connectivity index (χ3n) is 4.71. The summed E-state index contributed by atoms with van der Waals surface area (Å²) in [4.78, 5) is 26.7. The normalized spacial score (nSPS) is 11.9.